The zero-order valence-electron chi connectivity index (χ0n) is 16.0. The minimum atomic E-state index is 0.573. The van der Waals surface area contributed by atoms with Gasteiger partial charge in [-0.15, -0.1) is 0 Å². The summed E-state index contributed by atoms with van der Waals surface area (Å²) in [7, 11) is 0. The Morgan fingerprint density at radius 1 is 0.462 bits per heavy atom. The van der Waals surface area contributed by atoms with E-state index in [-0.39, 0.29) is 0 Å². The van der Waals surface area contributed by atoms with Gasteiger partial charge in [-0.1, -0.05) is 57.8 Å². The number of unbranched alkanes of at least 4 members (excludes halogenated alkanes) is 7. The van der Waals surface area contributed by atoms with E-state index >= 15 is 0 Å². The molecule has 0 N–H and O–H groups in total. The minimum Gasteiger partial charge on any atom is -0.211 e. The highest BCUT2D eigenvalue weighted by Crippen LogP contribution is 2.22. The van der Waals surface area contributed by atoms with Crippen molar-refractivity contribution in [1.82, 2.24) is 0 Å². The van der Waals surface area contributed by atoms with Gasteiger partial charge < -0.3 is 0 Å². The molecule has 0 spiro atoms. The Kier molecular flexibility index (Phi) is 19.7. The van der Waals surface area contributed by atoms with Crippen LogP contribution in [-0.4, -0.2) is 37.9 Å². The Morgan fingerprint density at radius 2 is 0.808 bits per heavy atom. The average molecular weight is 364 g/mol. The molecule has 0 aromatic carbocycles. The summed E-state index contributed by atoms with van der Waals surface area (Å²) >= 11 is 0. The molecule has 0 aliphatic carbocycles. The lowest BCUT2D eigenvalue weighted by Gasteiger charge is -2.16. The molecule has 0 radical (unpaired) electrons. The molecule has 0 aromatic heterocycles. The van der Waals surface area contributed by atoms with Crippen LogP contribution in [0, 0.1) is 5.92 Å². The predicted molar refractivity (Wildman–Crippen MR) is 102 cm³/mol. The van der Waals surface area contributed by atoms with Crippen LogP contribution >= 0.6 is 0 Å². The van der Waals surface area contributed by atoms with Crippen molar-refractivity contribution in [3.05, 3.63) is 0 Å². The number of rotatable bonds is 19. The predicted octanol–water partition coefficient (Wildman–Crippen LogP) is 4.68. The largest absolute Gasteiger partial charge is 0.234 e. The van der Waals surface area contributed by atoms with Gasteiger partial charge in [-0.25, -0.2) is 29.4 Å². The second-order valence-corrected chi connectivity index (χ2v) is 6.69. The first-order valence-corrected chi connectivity index (χ1v) is 9.96. The maximum atomic E-state index is 10.1. The Balaban J connectivity index is 3.77. The van der Waals surface area contributed by atoms with Crippen LogP contribution in [0.1, 0.15) is 83.5 Å². The van der Waals surface area contributed by atoms with Gasteiger partial charge in [0.2, 0.25) is 18.2 Å². The molecule has 0 saturated carbocycles. The molecule has 0 amide bonds. The zero-order chi connectivity index (χ0) is 19.1. The highest BCUT2D eigenvalue weighted by molar-refractivity contribution is 5.33. The van der Waals surface area contributed by atoms with Crippen molar-refractivity contribution >= 4 is 18.2 Å². The number of carbonyl (C=O) groups excluding carboxylic acids is 3. The number of isocyanates is 3. The molecule has 146 valence electrons. The molecule has 0 aliphatic rings. The molecule has 0 heterocycles. The summed E-state index contributed by atoms with van der Waals surface area (Å²) in [5.41, 5.74) is 0. The molecular weight excluding hydrogens is 330 g/mol. The van der Waals surface area contributed by atoms with E-state index in [0.29, 0.717) is 25.6 Å². The van der Waals surface area contributed by atoms with Gasteiger partial charge in [-0.2, -0.15) is 0 Å². The summed E-state index contributed by atoms with van der Waals surface area (Å²) in [6.07, 6.45) is 19.5. The number of hydrogen-bond acceptors (Lipinski definition) is 6. The summed E-state index contributed by atoms with van der Waals surface area (Å²) in [4.78, 5) is 40.9. The van der Waals surface area contributed by atoms with Gasteiger partial charge in [0, 0.05) is 0 Å². The topological polar surface area (TPSA) is 88.3 Å². The Hall–Kier alpha value is -1.86. The van der Waals surface area contributed by atoms with Crippen LogP contribution in [0.4, 0.5) is 0 Å². The molecule has 1 unspecified atom stereocenters. The maximum Gasteiger partial charge on any atom is 0.234 e. The van der Waals surface area contributed by atoms with Gasteiger partial charge in [-0.05, 0) is 31.6 Å². The Bertz CT molecular complexity index is 463. The van der Waals surface area contributed by atoms with Gasteiger partial charge >= 0.3 is 0 Å². The van der Waals surface area contributed by atoms with Crippen molar-refractivity contribution in [3.63, 3.8) is 0 Å². The normalized spacial score (nSPS) is 11.1. The van der Waals surface area contributed by atoms with Crippen LogP contribution in [0.15, 0.2) is 15.0 Å². The average Bonchev–Trinajstić information content (AvgIpc) is 2.65. The van der Waals surface area contributed by atoms with Crippen molar-refractivity contribution in [2.75, 3.05) is 19.6 Å². The molecule has 0 aromatic rings. The molecule has 0 bridgehead atoms. The fraction of sp³-hybridized carbons (Fsp3) is 0.850. The maximum absolute atomic E-state index is 10.1. The van der Waals surface area contributed by atoms with Gasteiger partial charge in [0.1, 0.15) is 0 Å². The number of nitrogens with zero attached hydrogens (tertiary/aromatic N) is 3. The molecular formula is C20H33N3O3. The standard InChI is InChI=1S/C20H33N3O3/c24-17-21-14-8-5-3-1-2-4-6-11-20(13-10-16-23-19-26)12-7-9-15-22-18-25/h20H,1-16H2. The third-order valence-corrected chi connectivity index (χ3v) is 4.59. The fourth-order valence-electron chi connectivity index (χ4n) is 3.16. The quantitative estimate of drug-likeness (QED) is 0.189. The van der Waals surface area contributed by atoms with E-state index in [2.05, 4.69) is 15.0 Å². The van der Waals surface area contributed by atoms with E-state index in [9.17, 15) is 14.4 Å². The molecule has 0 aliphatic heterocycles. The van der Waals surface area contributed by atoms with Crippen molar-refractivity contribution in [2.24, 2.45) is 20.9 Å². The van der Waals surface area contributed by atoms with Crippen molar-refractivity contribution in [1.29, 1.82) is 0 Å². The smallest absolute Gasteiger partial charge is 0.211 e. The lowest BCUT2D eigenvalue weighted by molar-refractivity contribution is 0.378. The molecule has 0 rings (SSSR count). The van der Waals surface area contributed by atoms with E-state index in [4.69, 9.17) is 0 Å². The van der Waals surface area contributed by atoms with Crippen LogP contribution < -0.4 is 0 Å². The zero-order valence-corrected chi connectivity index (χ0v) is 16.0. The van der Waals surface area contributed by atoms with E-state index in [1.165, 1.54) is 38.5 Å². The van der Waals surface area contributed by atoms with E-state index in [1.807, 2.05) is 0 Å². The SMILES string of the molecule is O=C=NCCCCCCCCCC(CCCCN=C=O)CCCN=C=O. The van der Waals surface area contributed by atoms with Crippen LogP contribution in [0.2, 0.25) is 0 Å². The van der Waals surface area contributed by atoms with Gasteiger partial charge in [0.25, 0.3) is 0 Å². The summed E-state index contributed by atoms with van der Waals surface area (Å²) in [5.74, 6) is 0.665. The molecule has 6 nitrogen and oxygen atoms in total. The summed E-state index contributed by atoms with van der Waals surface area (Å²) in [5, 5.41) is 0. The van der Waals surface area contributed by atoms with Gasteiger partial charge in [0.05, 0.1) is 19.6 Å². The molecule has 26 heavy (non-hydrogen) atoms. The Labute approximate surface area is 157 Å². The lowest BCUT2D eigenvalue weighted by Crippen LogP contribution is -2.03. The summed E-state index contributed by atoms with van der Waals surface area (Å²) in [6, 6.07) is 0. The van der Waals surface area contributed by atoms with E-state index in [1.54, 1.807) is 18.2 Å². The van der Waals surface area contributed by atoms with Crippen molar-refractivity contribution < 1.29 is 14.4 Å². The van der Waals surface area contributed by atoms with E-state index in [0.717, 1.165) is 44.9 Å². The van der Waals surface area contributed by atoms with Crippen LogP contribution in [0.5, 0.6) is 0 Å². The summed E-state index contributed by atoms with van der Waals surface area (Å²) in [6.45, 7) is 1.75. The number of aliphatic imine (C=N–C) groups is 3. The third kappa shape index (κ3) is 18.5. The first kappa shape index (κ1) is 24.1. The van der Waals surface area contributed by atoms with E-state index < -0.39 is 0 Å². The summed E-state index contributed by atoms with van der Waals surface area (Å²) < 4.78 is 0. The fourth-order valence-corrected chi connectivity index (χ4v) is 3.16. The first-order valence-electron chi connectivity index (χ1n) is 9.96. The molecule has 6 heteroatoms. The first-order chi connectivity index (χ1) is 12.8. The van der Waals surface area contributed by atoms with Crippen LogP contribution in [0.3, 0.4) is 0 Å². The lowest BCUT2D eigenvalue weighted by atomic mass is 9.91. The van der Waals surface area contributed by atoms with Crippen molar-refractivity contribution in [3.8, 4) is 0 Å². The monoisotopic (exact) mass is 363 g/mol. The Morgan fingerprint density at radius 3 is 1.35 bits per heavy atom. The highest BCUT2D eigenvalue weighted by atomic mass is 16.1. The second kappa shape index (κ2) is 21.2. The van der Waals surface area contributed by atoms with Crippen LogP contribution in [-0.2, 0) is 14.4 Å². The van der Waals surface area contributed by atoms with Gasteiger partial charge in [-0.3, -0.25) is 0 Å². The highest BCUT2D eigenvalue weighted by Gasteiger charge is 2.08. The molecule has 0 fully saturated rings. The molecule has 1 atom stereocenters. The second-order valence-electron chi connectivity index (χ2n) is 6.69. The van der Waals surface area contributed by atoms with Crippen LogP contribution in [0.25, 0.3) is 0 Å². The third-order valence-electron chi connectivity index (χ3n) is 4.59. The van der Waals surface area contributed by atoms with Crippen molar-refractivity contribution in [2.45, 2.75) is 83.5 Å². The minimum absolute atomic E-state index is 0.573. The number of hydrogen-bond donors (Lipinski definition) is 0. The van der Waals surface area contributed by atoms with Gasteiger partial charge in [0.15, 0.2) is 0 Å². The molecule has 0 saturated heterocycles.